The number of rotatable bonds is 4. The molecule has 0 unspecified atom stereocenters. The lowest BCUT2D eigenvalue weighted by molar-refractivity contribution is -0.134. The van der Waals surface area contributed by atoms with Crippen LogP contribution in [0.4, 0.5) is 0 Å². The van der Waals surface area contributed by atoms with Crippen molar-refractivity contribution in [1.82, 2.24) is 4.90 Å². The van der Waals surface area contributed by atoms with Crippen LogP contribution in [0.25, 0.3) is 11.3 Å². The van der Waals surface area contributed by atoms with Gasteiger partial charge in [-0.1, -0.05) is 40.9 Å². The van der Waals surface area contributed by atoms with Gasteiger partial charge >= 0.3 is 0 Å². The van der Waals surface area contributed by atoms with Gasteiger partial charge in [-0.15, -0.1) is 0 Å². The molecule has 0 atom stereocenters. The van der Waals surface area contributed by atoms with Crippen molar-refractivity contribution in [2.75, 3.05) is 7.05 Å². The smallest absolute Gasteiger partial charge is 0.225 e. The zero-order chi connectivity index (χ0) is 15.5. The Bertz CT molecular complexity index is 641. The Labute approximate surface area is 139 Å². The lowest BCUT2D eigenvalue weighted by Gasteiger charge is -2.19. The Morgan fingerprint density at radius 3 is 2.55 bits per heavy atom. The topological polar surface area (TPSA) is 33.5 Å². The fraction of sp³-hybridized carbons (Fsp3) is 0.389. The standard InChI is InChI=1S/C18H20BrNO2/c1-20(18(21)14-4-2-3-5-14)12-16-10-11-17(22-16)13-6-8-15(19)9-7-13/h6-11,14H,2-5,12H2,1H3. The van der Waals surface area contributed by atoms with Crippen LogP contribution in [-0.4, -0.2) is 17.9 Å². The summed E-state index contributed by atoms with van der Waals surface area (Å²) in [5.41, 5.74) is 1.04. The number of carbonyl (C=O) groups is 1. The van der Waals surface area contributed by atoms with Crippen LogP contribution in [-0.2, 0) is 11.3 Å². The number of nitrogens with zero attached hydrogens (tertiary/aromatic N) is 1. The van der Waals surface area contributed by atoms with Gasteiger partial charge in [-0.25, -0.2) is 0 Å². The molecule has 1 aliphatic rings. The Morgan fingerprint density at radius 2 is 1.86 bits per heavy atom. The van der Waals surface area contributed by atoms with E-state index in [0.717, 1.165) is 34.4 Å². The van der Waals surface area contributed by atoms with Gasteiger partial charge in [0.25, 0.3) is 0 Å². The highest BCUT2D eigenvalue weighted by Crippen LogP contribution is 2.28. The third kappa shape index (κ3) is 3.43. The Morgan fingerprint density at radius 1 is 1.18 bits per heavy atom. The fourth-order valence-electron chi connectivity index (χ4n) is 3.03. The minimum Gasteiger partial charge on any atom is -0.459 e. The summed E-state index contributed by atoms with van der Waals surface area (Å²) < 4.78 is 6.93. The molecule has 0 N–H and O–H groups in total. The first-order valence-corrected chi connectivity index (χ1v) is 8.52. The largest absolute Gasteiger partial charge is 0.459 e. The lowest BCUT2D eigenvalue weighted by Crippen LogP contribution is -2.31. The average molecular weight is 362 g/mol. The molecule has 0 saturated heterocycles. The average Bonchev–Trinajstić information content (AvgIpc) is 3.18. The van der Waals surface area contributed by atoms with Gasteiger partial charge in [0.2, 0.25) is 5.91 Å². The SMILES string of the molecule is CN(Cc1ccc(-c2ccc(Br)cc2)o1)C(=O)C1CCCC1. The van der Waals surface area contributed by atoms with E-state index in [4.69, 9.17) is 4.42 Å². The van der Waals surface area contributed by atoms with E-state index in [2.05, 4.69) is 15.9 Å². The monoisotopic (exact) mass is 361 g/mol. The molecule has 116 valence electrons. The van der Waals surface area contributed by atoms with Crippen LogP contribution < -0.4 is 0 Å². The molecular formula is C18H20BrNO2. The Balaban J connectivity index is 1.66. The molecule has 1 aliphatic carbocycles. The molecular weight excluding hydrogens is 342 g/mol. The number of hydrogen-bond donors (Lipinski definition) is 0. The van der Waals surface area contributed by atoms with Crippen molar-refractivity contribution >= 4 is 21.8 Å². The summed E-state index contributed by atoms with van der Waals surface area (Å²) in [5, 5.41) is 0. The van der Waals surface area contributed by atoms with Crippen LogP contribution in [0, 0.1) is 5.92 Å². The maximum absolute atomic E-state index is 12.3. The van der Waals surface area contributed by atoms with E-state index in [1.165, 1.54) is 12.8 Å². The third-order valence-corrected chi connectivity index (χ3v) is 4.79. The van der Waals surface area contributed by atoms with Crippen LogP contribution in [0.2, 0.25) is 0 Å². The lowest BCUT2D eigenvalue weighted by atomic mass is 10.1. The fourth-order valence-corrected chi connectivity index (χ4v) is 3.29. The van der Waals surface area contributed by atoms with Crippen molar-refractivity contribution in [1.29, 1.82) is 0 Å². The van der Waals surface area contributed by atoms with Crippen LogP contribution in [0.3, 0.4) is 0 Å². The molecule has 0 radical (unpaired) electrons. The molecule has 1 fully saturated rings. The molecule has 3 rings (SSSR count). The van der Waals surface area contributed by atoms with Gasteiger partial charge in [-0.05, 0) is 37.1 Å². The highest BCUT2D eigenvalue weighted by Gasteiger charge is 2.25. The van der Waals surface area contributed by atoms with Crippen molar-refractivity contribution in [3.05, 3.63) is 46.6 Å². The van der Waals surface area contributed by atoms with Gasteiger partial charge in [0.1, 0.15) is 11.5 Å². The number of benzene rings is 1. The van der Waals surface area contributed by atoms with Crippen molar-refractivity contribution < 1.29 is 9.21 Å². The summed E-state index contributed by atoms with van der Waals surface area (Å²) in [7, 11) is 1.86. The van der Waals surface area contributed by atoms with Crippen LogP contribution in [0.15, 0.2) is 45.3 Å². The maximum atomic E-state index is 12.3. The Hall–Kier alpha value is -1.55. The van der Waals surface area contributed by atoms with Gasteiger partial charge < -0.3 is 9.32 Å². The highest BCUT2D eigenvalue weighted by molar-refractivity contribution is 9.10. The number of hydrogen-bond acceptors (Lipinski definition) is 2. The van der Waals surface area contributed by atoms with Crippen LogP contribution >= 0.6 is 15.9 Å². The van der Waals surface area contributed by atoms with E-state index in [-0.39, 0.29) is 11.8 Å². The molecule has 4 heteroatoms. The highest BCUT2D eigenvalue weighted by atomic mass is 79.9. The summed E-state index contributed by atoms with van der Waals surface area (Å²) in [6.07, 6.45) is 4.42. The molecule has 1 saturated carbocycles. The summed E-state index contributed by atoms with van der Waals surface area (Å²) in [6, 6.07) is 11.9. The number of furan rings is 1. The van der Waals surface area contributed by atoms with Crippen molar-refractivity contribution in [3.8, 4) is 11.3 Å². The van der Waals surface area contributed by atoms with Gasteiger partial charge in [-0.3, -0.25) is 4.79 Å². The Kier molecular flexibility index (Phi) is 4.67. The van der Waals surface area contributed by atoms with E-state index >= 15 is 0 Å². The molecule has 0 spiro atoms. The molecule has 0 bridgehead atoms. The zero-order valence-electron chi connectivity index (χ0n) is 12.7. The van der Waals surface area contributed by atoms with Gasteiger partial charge in [0.15, 0.2) is 0 Å². The van der Waals surface area contributed by atoms with Crippen LogP contribution in [0.5, 0.6) is 0 Å². The maximum Gasteiger partial charge on any atom is 0.225 e. The van der Waals surface area contributed by atoms with Crippen molar-refractivity contribution in [2.24, 2.45) is 5.92 Å². The molecule has 1 heterocycles. The third-order valence-electron chi connectivity index (χ3n) is 4.26. The quantitative estimate of drug-likeness (QED) is 0.779. The van der Waals surface area contributed by atoms with Gasteiger partial charge in [-0.2, -0.15) is 0 Å². The zero-order valence-corrected chi connectivity index (χ0v) is 14.3. The molecule has 1 aromatic carbocycles. The van der Waals surface area contributed by atoms with Crippen molar-refractivity contribution in [3.63, 3.8) is 0 Å². The first-order valence-electron chi connectivity index (χ1n) is 7.73. The van der Waals surface area contributed by atoms with E-state index in [1.54, 1.807) is 4.90 Å². The van der Waals surface area contributed by atoms with E-state index in [0.29, 0.717) is 6.54 Å². The molecule has 2 aromatic rings. The van der Waals surface area contributed by atoms with E-state index < -0.39 is 0 Å². The number of carbonyl (C=O) groups excluding carboxylic acids is 1. The summed E-state index contributed by atoms with van der Waals surface area (Å²) >= 11 is 3.43. The second-order valence-corrected chi connectivity index (χ2v) is 6.86. The predicted octanol–water partition coefficient (Wildman–Crippen LogP) is 4.86. The van der Waals surface area contributed by atoms with Crippen molar-refractivity contribution in [2.45, 2.75) is 32.2 Å². The molecule has 3 nitrogen and oxygen atoms in total. The predicted molar refractivity (Wildman–Crippen MR) is 90.3 cm³/mol. The molecule has 22 heavy (non-hydrogen) atoms. The van der Waals surface area contributed by atoms with E-state index in [9.17, 15) is 4.79 Å². The first kappa shape index (κ1) is 15.3. The summed E-state index contributed by atoms with van der Waals surface area (Å²) in [5.74, 6) is 2.13. The summed E-state index contributed by atoms with van der Waals surface area (Å²) in [6.45, 7) is 0.534. The van der Waals surface area contributed by atoms with Crippen LogP contribution in [0.1, 0.15) is 31.4 Å². The normalized spacial score (nSPS) is 15.2. The van der Waals surface area contributed by atoms with E-state index in [1.807, 2.05) is 43.4 Å². The number of amides is 1. The number of halogens is 1. The second-order valence-electron chi connectivity index (χ2n) is 5.95. The van der Waals surface area contributed by atoms with Gasteiger partial charge in [0, 0.05) is 23.0 Å². The van der Waals surface area contributed by atoms with Gasteiger partial charge in [0.05, 0.1) is 6.54 Å². The second kappa shape index (κ2) is 6.69. The summed E-state index contributed by atoms with van der Waals surface area (Å²) in [4.78, 5) is 14.1. The molecule has 1 aromatic heterocycles. The first-order chi connectivity index (χ1) is 10.6. The molecule has 0 aliphatic heterocycles. The minimum absolute atomic E-state index is 0.214. The minimum atomic E-state index is 0.214. The molecule has 1 amide bonds.